The topological polar surface area (TPSA) is 131 Å². The molecule has 0 radical (unpaired) electrons. The number of anilines is 1. The summed E-state index contributed by atoms with van der Waals surface area (Å²) in [6, 6.07) is 29.9. The Balaban J connectivity index is 0.998. The Morgan fingerprint density at radius 3 is 2.29 bits per heavy atom. The maximum absolute atomic E-state index is 14.4. The van der Waals surface area contributed by atoms with Crippen molar-refractivity contribution in [1.29, 1.82) is 0 Å². The maximum atomic E-state index is 14.4. The van der Waals surface area contributed by atoms with Gasteiger partial charge in [0.1, 0.15) is 23.8 Å². The molecular weight excluding hydrogens is 651 g/mol. The molecule has 6 aromatic rings. The number of hydrogen-bond acceptors (Lipinski definition) is 6. The number of halogens is 1. The second kappa shape index (κ2) is 14.3. The Kier molecular flexibility index (Phi) is 9.30. The molecule has 1 fully saturated rings. The van der Waals surface area contributed by atoms with E-state index in [2.05, 4.69) is 15.3 Å². The van der Waals surface area contributed by atoms with Gasteiger partial charge in [0.2, 0.25) is 0 Å². The number of carbonyl (C=O) groups excluding carboxylic acids is 2. The fraction of sp³-hybridized carbons (Fsp3) is 0.205. The lowest BCUT2D eigenvalue weighted by molar-refractivity contribution is 0.0992. The Labute approximate surface area is 292 Å². The van der Waals surface area contributed by atoms with Crippen LogP contribution in [0.3, 0.4) is 0 Å². The van der Waals surface area contributed by atoms with Crippen molar-refractivity contribution in [2.24, 2.45) is 0 Å². The summed E-state index contributed by atoms with van der Waals surface area (Å²) in [5.74, 6) is -0.174. The number of nitrogens with zero attached hydrogens (tertiary/aromatic N) is 4. The third-order valence-corrected chi connectivity index (χ3v) is 8.91. The lowest BCUT2D eigenvalue weighted by Crippen LogP contribution is -2.40. The molecule has 2 amide bonds. The standard InChI is InChI=1S/C39H35FN6O5/c1-44(36(47)28-15-11-26(12-16-28)22-41-38(49)51-24-27-7-3-2-4-8-27)30-17-13-25(14-18-30)21-33-42-34-35(43-33)46(31-19-20-31)39(50)45(37(34)48)23-29-9-5-6-10-32(29)40/h2-18,31H,19-24H2,1H3,(H,41,49)(H,42,43). The van der Waals surface area contributed by atoms with Crippen molar-refractivity contribution in [3.05, 3.63) is 163 Å². The van der Waals surface area contributed by atoms with E-state index in [1.54, 1.807) is 59.0 Å². The first-order valence-electron chi connectivity index (χ1n) is 16.6. The van der Waals surface area contributed by atoms with Crippen molar-refractivity contribution in [2.75, 3.05) is 11.9 Å². The quantitative estimate of drug-likeness (QED) is 0.180. The number of aromatic nitrogens is 4. The number of nitrogens with one attached hydrogen (secondary N) is 2. The Morgan fingerprint density at radius 1 is 0.902 bits per heavy atom. The van der Waals surface area contributed by atoms with Crippen molar-refractivity contribution >= 4 is 28.9 Å². The molecule has 1 aliphatic rings. The number of alkyl carbamates (subject to hydrolysis) is 1. The van der Waals surface area contributed by atoms with E-state index in [0.717, 1.165) is 34.1 Å². The van der Waals surface area contributed by atoms with Crippen molar-refractivity contribution in [3.8, 4) is 0 Å². The average molecular weight is 687 g/mol. The van der Waals surface area contributed by atoms with Gasteiger partial charge in [0.05, 0.1) is 6.54 Å². The van der Waals surface area contributed by atoms with Crippen molar-refractivity contribution in [1.82, 2.24) is 24.4 Å². The first-order valence-corrected chi connectivity index (χ1v) is 16.6. The molecule has 7 rings (SSSR count). The summed E-state index contributed by atoms with van der Waals surface area (Å²) in [4.78, 5) is 61.6. The summed E-state index contributed by atoms with van der Waals surface area (Å²) >= 11 is 0. The second-order valence-corrected chi connectivity index (χ2v) is 12.6. The van der Waals surface area contributed by atoms with Gasteiger partial charge in [-0.15, -0.1) is 0 Å². The number of fused-ring (bicyclic) bond motifs is 1. The van der Waals surface area contributed by atoms with Gasteiger partial charge < -0.3 is 19.9 Å². The number of rotatable bonds is 11. The van der Waals surface area contributed by atoms with Crippen LogP contribution in [0.4, 0.5) is 14.9 Å². The number of carbonyl (C=O) groups is 2. The Morgan fingerprint density at radius 2 is 1.59 bits per heavy atom. The zero-order valence-corrected chi connectivity index (χ0v) is 27.8. The van der Waals surface area contributed by atoms with Gasteiger partial charge in [-0.2, -0.15) is 0 Å². The monoisotopic (exact) mass is 686 g/mol. The molecule has 0 saturated heterocycles. The number of amides is 2. The highest BCUT2D eigenvalue weighted by Gasteiger charge is 2.30. The molecule has 0 unspecified atom stereocenters. The summed E-state index contributed by atoms with van der Waals surface area (Å²) in [5, 5.41) is 2.72. The van der Waals surface area contributed by atoms with Crippen LogP contribution in [-0.4, -0.2) is 38.2 Å². The van der Waals surface area contributed by atoms with Crippen LogP contribution >= 0.6 is 0 Å². The van der Waals surface area contributed by atoms with Gasteiger partial charge in [0.15, 0.2) is 5.65 Å². The van der Waals surface area contributed by atoms with Crippen LogP contribution in [0.25, 0.3) is 11.2 Å². The fourth-order valence-electron chi connectivity index (χ4n) is 5.91. The molecular formula is C39H35FN6O5. The minimum absolute atomic E-state index is 0.0576. The number of ether oxygens (including phenoxy) is 1. The highest BCUT2D eigenvalue weighted by atomic mass is 19.1. The molecule has 1 saturated carbocycles. The van der Waals surface area contributed by atoms with Gasteiger partial charge in [-0.1, -0.05) is 72.8 Å². The number of benzene rings is 4. The molecule has 51 heavy (non-hydrogen) atoms. The number of hydrogen-bond donors (Lipinski definition) is 2. The number of imidazole rings is 1. The summed E-state index contributed by atoms with van der Waals surface area (Å²) in [5.41, 5.74) is 3.48. The zero-order valence-electron chi connectivity index (χ0n) is 27.8. The molecule has 2 aromatic heterocycles. The van der Waals surface area contributed by atoms with Crippen LogP contribution in [0.2, 0.25) is 0 Å². The van der Waals surface area contributed by atoms with Crippen LogP contribution < -0.4 is 21.5 Å². The third-order valence-electron chi connectivity index (χ3n) is 8.91. The van der Waals surface area contributed by atoms with Gasteiger partial charge in [-0.3, -0.25) is 18.7 Å². The molecule has 11 nitrogen and oxygen atoms in total. The van der Waals surface area contributed by atoms with Gasteiger partial charge >= 0.3 is 11.8 Å². The lowest BCUT2D eigenvalue weighted by atomic mass is 10.1. The summed E-state index contributed by atoms with van der Waals surface area (Å²) in [6.07, 6.45) is 1.43. The molecule has 0 aliphatic heterocycles. The summed E-state index contributed by atoms with van der Waals surface area (Å²) < 4.78 is 22.3. The number of aromatic amines is 1. The van der Waals surface area contributed by atoms with E-state index in [1.807, 2.05) is 54.6 Å². The van der Waals surface area contributed by atoms with Gasteiger partial charge in [-0.25, -0.2) is 19.0 Å². The molecule has 4 aromatic carbocycles. The molecule has 258 valence electrons. The van der Waals surface area contributed by atoms with Gasteiger partial charge in [0, 0.05) is 42.9 Å². The molecule has 0 atom stereocenters. The average Bonchev–Trinajstić information content (AvgIpc) is 3.91. The molecule has 2 N–H and O–H groups in total. The normalized spacial score (nSPS) is 12.5. The Hall–Kier alpha value is -6.30. The fourth-order valence-corrected chi connectivity index (χ4v) is 5.91. The van der Waals surface area contributed by atoms with Crippen molar-refractivity contribution in [3.63, 3.8) is 0 Å². The Bertz CT molecular complexity index is 2330. The SMILES string of the molecule is CN(C(=O)c1ccc(CNC(=O)OCc2ccccc2)cc1)c1ccc(Cc2nc3c([nH]2)c(=O)n(Cc2ccccc2F)c(=O)n3C2CC2)cc1. The van der Waals surface area contributed by atoms with Crippen LogP contribution in [0.5, 0.6) is 0 Å². The van der Waals surface area contributed by atoms with Crippen molar-refractivity contribution < 1.29 is 18.7 Å². The van der Waals surface area contributed by atoms with E-state index in [-0.39, 0.29) is 42.7 Å². The molecule has 0 spiro atoms. The minimum atomic E-state index is -0.546. The van der Waals surface area contributed by atoms with Crippen LogP contribution in [-0.2, 0) is 30.9 Å². The maximum Gasteiger partial charge on any atom is 0.407 e. The molecule has 2 heterocycles. The van der Waals surface area contributed by atoms with E-state index in [1.165, 1.54) is 6.07 Å². The summed E-state index contributed by atoms with van der Waals surface area (Å²) in [6.45, 7) is 0.258. The first kappa shape index (κ1) is 33.2. The predicted molar refractivity (Wildman–Crippen MR) is 190 cm³/mol. The van der Waals surface area contributed by atoms with E-state index < -0.39 is 23.2 Å². The largest absolute Gasteiger partial charge is 0.445 e. The first-order chi connectivity index (χ1) is 24.7. The number of H-pyrrole nitrogens is 1. The van der Waals surface area contributed by atoms with E-state index in [9.17, 15) is 23.6 Å². The highest BCUT2D eigenvalue weighted by Crippen LogP contribution is 2.35. The predicted octanol–water partition coefficient (Wildman–Crippen LogP) is 5.70. The zero-order chi connectivity index (χ0) is 35.5. The molecule has 12 heteroatoms. The molecule has 1 aliphatic carbocycles. The van der Waals surface area contributed by atoms with Crippen molar-refractivity contribution in [2.45, 2.75) is 45.0 Å². The second-order valence-electron chi connectivity index (χ2n) is 12.6. The van der Waals surface area contributed by atoms with Gasteiger partial charge in [-0.05, 0) is 59.9 Å². The smallest absolute Gasteiger partial charge is 0.407 e. The van der Waals surface area contributed by atoms with Gasteiger partial charge in [0.25, 0.3) is 11.5 Å². The molecule has 0 bridgehead atoms. The minimum Gasteiger partial charge on any atom is -0.445 e. The van der Waals surface area contributed by atoms with E-state index in [4.69, 9.17) is 4.74 Å². The summed E-state index contributed by atoms with van der Waals surface area (Å²) in [7, 11) is 1.69. The van der Waals surface area contributed by atoms with Crippen LogP contribution in [0.15, 0.2) is 113 Å². The highest BCUT2D eigenvalue weighted by molar-refractivity contribution is 6.05. The van der Waals surface area contributed by atoms with Crippen LogP contribution in [0, 0.1) is 5.82 Å². The lowest BCUT2D eigenvalue weighted by Gasteiger charge is -2.18. The third kappa shape index (κ3) is 7.35. The van der Waals surface area contributed by atoms with E-state index in [0.29, 0.717) is 29.1 Å². The van der Waals surface area contributed by atoms with E-state index >= 15 is 0 Å². The van der Waals surface area contributed by atoms with Crippen LogP contribution in [0.1, 0.15) is 57.3 Å².